The van der Waals surface area contributed by atoms with Crippen LogP contribution in [-0.4, -0.2) is 11.1 Å². The first-order chi connectivity index (χ1) is 8.56. The minimum Gasteiger partial charge on any atom is -0.478 e. The lowest BCUT2D eigenvalue weighted by Gasteiger charge is -2.03. The average molecular weight is 357 g/mol. The second-order valence-electron chi connectivity index (χ2n) is 3.85. The molecule has 5 heteroatoms. The summed E-state index contributed by atoms with van der Waals surface area (Å²) in [5.41, 5.74) is 1.19. The lowest BCUT2D eigenvalue weighted by atomic mass is 10.2. The zero-order valence-corrected chi connectivity index (χ0v) is 11.9. The van der Waals surface area contributed by atoms with Crippen molar-refractivity contribution in [2.75, 3.05) is 5.32 Å². The number of halogens is 1. The Morgan fingerprint density at radius 3 is 2.61 bits per heavy atom. The maximum Gasteiger partial charge on any atom is 0.339 e. The van der Waals surface area contributed by atoms with Crippen molar-refractivity contribution < 1.29 is 14.3 Å². The van der Waals surface area contributed by atoms with Gasteiger partial charge in [0.1, 0.15) is 17.1 Å². The van der Waals surface area contributed by atoms with E-state index >= 15 is 0 Å². The molecule has 0 atom stereocenters. The Labute approximate surface area is 118 Å². The van der Waals surface area contributed by atoms with E-state index in [0.717, 1.165) is 5.69 Å². The van der Waals surface area contributed by atoms with Crippen LogP contribution in [0.2, 0.25) is 0 Å². The number of carboxylic acid groups (broad SMARTS) is 1. The van der Waals surface area contributed by atoms with Crippen LogP contribution in [0.4, 0.5) is 5.69 Å². The summed E-state index contributed by atoms with van der Waals surface area (Å²) in [6.45, 7) is 2.12. The van der Waals surface area contributed by atoms with Crippen molar-refractivity contribution in [1.82, 2.24) is 0 Å². The van der Waals surface area contributed by atoms with Crippen LogP contribution < -0.4 is 5.32 Å². The first kappa shape index (κ1) is 12.9. The van der Waals surface area contributed by atoms with Crippen LogP contribution in [-0.2, 0) is 6.54 Å². The lowest BCUT2D eigenvalue weighted by molar-refractivity contribution is 0.0695. The van der Waals surface area contributed by atoms with Crippen molar-refractivity contribution in [2.24, 2.45) is 0 Å². The smallest absolute Gasteiger partial charge is 0.339 e. The molecule has 1 heterocycles. The molecule has 0 fully saturated rings. The Kier molecular flexibility index (Phi) is 3.90. The molecule has 0 amide bonds. The number of benzene rings is 1. The molecule has 2 aromatic rings. The number of furan rings is 1. The van der Waals surface area contributed by atoms with E-state index in [4.69, 9.17) is 9.52 Å². The second kappa shape index (κ2) is 5.43. The molecule has 2 rings (SSSR count). The molecule has 18 heavy (non-hydrogen) atoms. The number of aryl methyl sites for hydroxylation is 1. The third-order valence-corrected chi connectivity index (χ3v) is 3.23. The molecule has 0 saturated heterocycles. The molecular formula is C13H12INO3. The van der Waals surface area contributed by atoms with Gasteiger partial charge >= 0.3 is 5.97 Å². The molecular weight excluding hydrogens is 345 g/mol. The standard InChI is InChI=1S/C13H12INO3/c1-8-12(13(16)17)6-11(18-8)7-15-10-4-2-9(14)3-5-10/h2-6,15H,7H2,1H3,(H,16,17). The molecule has 0 bridgehead atoms. The molecule has 0 unspecified atom stereocenters. The monoisotopic (exact) mass is 357 g/mol. The molecule has 0 spiro atoms. The number of nitrogens with one attached hydrogen (secondary N) is 1. The maximum absolute atomic E-state index is 10.9. The van der Waals surface area contributed by atoms with E-state index in [1.54, 1.807) is 13.0 Å². The van der Waals surface area contributed by atoms with Gasteiger partial charge in [-0.15, -0.1) is 0 Å². The molecule has 0 aliphatic heterocycles. The molecule has 0 radical (unpaired) electrons. The Bertz CT molecular complexity index is 560. The predicted molar refractivity (Wildman–Crippen MR) is 76.9 cm³/mol. The van der Waals surface area contributed by atoms with E-state index in [9.17, 15) is 4.79 Å². The molecule has 0 aliphatic rings. The Morgan fingerprint density at radius 1 is 1.39 bits per heavy atom. The van der Waals surface area contributed by atoms with Gasteiger partial charge in [-0.2, -0.15) is 0 Å². The minimum absolute atomic E-state index is 0.217. The fourth-order valence-corrected chi connectivity index (χ4v) is 1.96. The highest BCUT2D eigenvalue weighted by atomic mass is 127. The van der Waals surface area contributed by atoms with E-state index in [-0.39, 0.29) is 5.56 Å². The number of carbonyl (C=O) groups is 1. The Hall–Kier alpha value is -1.50. The highest BCUT2D eigenvalue weighted by Crippen LogP contribution is 2.17. The van der Waals surface area contributed by atoms with Crippen molar-refractivity contribution in [1.29, 1.82) is 0 Å². The average Bonchev–Trinajstić information content (AvgIpc) is 2.70. The number of rotatable bonds is 4. The van der Waals surface area contributed by atoms with Gasteiger partial charge in [0, 0.05) is 9.26 Å². The van der Waals surface area contributed by atoms with Gasteiger partial charge in [0.25, 0.3) is 0 Å². The molecule has 1 aromatic heterocycles. The third-order valence-electron chi connectivity index (χ3n) is 2.51. The SMILES string of the molecule is Cc1oc(CNc2ccc(I)cc2)cc1C(=O)O. The van der Waals surface area contributed by atoms with Gasteiger partial charge in [-0.25, -0.2) is 4.79 Å². The van der Waals surface area contributed by atoms with Gasteiger partial charge in [0.15, 0.2) is 0 Å². The molecule has 94 valence electrons. The van der Waals surface area contributed by atoms with Gasteiger partial charge in [-0.3, -0.25) is 0 Å². The number of carboxylic acids is 1. The van der Waals surface area contributed by atoms with E-state index in [1.807, 2.05) is 24.3 Å². The van der Waals surface area contributed by atoms with Crippen molar-refractivity contribution in [3.63, 3.8) is 0 Å². The lowest BCUT2D eigenvalue weighted by Crippen LogP contribution is -1.98. The number of hydrogen-bond donors (Lipinski definition) is 2. The van der Waals surface area contributed by atoms with Crippen LogP contribution in [0.25, 0.3) is 0 Å². The highest BCUT2D eigenvalue weighted by molar-refractivity contribution is 14.1. The van der Waals surface area contributed by atoms with Crippen molar-refractivity contribution >= 4 is 34.2 Å². The number of aromatic carboxylic acids is 1. The van der Waals surface area contributed by atoms with Gasteiger partial charge < -0.3 is 14.8 Å². The highest BCUT2D eigenvalue weighted by Gasteiger charge is 2.13. The quantitative estimate of drug-likeness (QED) is 0.823. The van der Waals surface area contributed by atoms with Crippen LogP contribution >= 0.6 is 22.6 Å². The van der Waals surface area contributed by atoms with Crippen LogP contribution in [0.5, 0.6) is 0 Å². The molecule has 0 aliphatic carbocycles. The van der Waals surface area contributed by atoms with Crippen LogP contribution in [0.15, 0.2) is 34.7 Å². The molecule has 1 aromatic carbocycles. The summed E-state index contributed by atoms with van der Waals surface area (Å²) in [7, 11) is 0. The molecule has 4 nitrogen and oxygen atoms in total. The van der Waals surface area contributed by atoms with Crippen LogP contribution in [0, 0.1) is 10.5 Å². The van der Waals surface area contributed by atoms with Crippen molar-refractivity contribution in [2.45, 2.75) is 13.5 Å². The summed E-state index contributed by atoms with van der Waals surface area (Å²) < 4.78 is 6.54. The summed E-state index contributed by atoms with van der Waals surface area (Å²) in [6.07, 6.45) is 0. The number of anilines is 1. The Morgan fingerprint density at radius 2 is 2.06 bits per heavy atom. The summed E-state index contributed by atoms with van der Waals surface area (Å²) in [4.78, 5) is 10.9. The second-order valence-corrected chi connectivity index (χ2v) is 5.09. The third kappa shape index (κ3) is 3.04. The van der Waals surface area contributed by atoms with E-state index in [0.29, 0.717) is 18.1 Å². The summed E-state index contributed by atoms with van der Waals surface area (Å²) in [6, 6.07) is 9.49. The van der Waals surface area contributed by atoms with Gasteiger partial charge in [-0.05, 0) is 59.8 Å². The normalized spacial score (nSPS) is 10.3. The van der Waals surface area contributed by atoms with E-state index < -0.39 is 5.97 Å². The van der Waals surface area contributed by atoms with Crippen molar-refractivity contribution in [3.8, 4) is 0 Å². The van der Waals surface area contributed by atoms with Gasteiger partial charge in [0.05, 0.1) is 6.54 Å². The predicted octanol–water partition coefficient (Wildman–Crippen LogP) is 3.50. The zero-order chi connectivity index (χ0) is 13.1. The molecule has 0 saturated carbocycles. The van der Waals surface area contributed by atoms with Crippen LogP contribution in [0.1, 0.15) is 21.9 Å². The van der Waals surface area contributed by atoms with E-state index in [2.05, 4.69) is 27.9 Å². The van der Waals surface area contributed by atoms with Gasteiger partial charge in [0.2, 0.25) is 0 Å². The van der Waals surface area contributed by atoms with Gasteiger partial charge in [-0.1, -0.05) is 0 Å². The first-order valence-corrected chi connectivity index (χ1v) is 6.46. The fourth-order valence-electron chi connectivity index (χ4n) is 1.60. The Balaban J connectivity index is 2.04. The fraction of sp³-hybridized carbons (Fsp3) is 0.154. The van der Waals surface area contributed by atoms with E-state index in [1.165, 1.54) is 3.57 Å². The number of hydrogen-bond acceptors (Lipinski definition) is 3. The summed E-state index contributed by atoms with van der Waals surface area (Å²) in [5, 5.41) is 12.1. The zero-order valence-electron chi connectivity index (χ0n) is 9.74. The summed E-state index contributed by atoms with van der Waals surface area (Å²) in [5.74, 6) is 0.0853. The first-order valence-electron chi connectivity index (χ1n) is 5.38. The largest absolute Gasteiger partial charge is 0.478 e. The maximum atomic E-state index is 10.9. The summed E-state index contributed by atoms with van der Waals surface area (Å²) >= 11 is 2.24. The molecule has 2 N–H and O–H groups in total. The topological polar surface area (TPSA) is 62.5 Å². The minimum atomic E-state index is -0.961. The van der Waals surface area contributed by atoms with Crippen molar-refractivity contribution in [3.05, 3.63) is 51.0 Å². The van der Waals surface area contributed by atoms with Crippen LogP contribution in [0.3, 0.4) is 0 Å².